The smallest absolute Gasteiger partial charge is 0.264 e. The van der Waals surface area contributed by atoms with E-state index in [1.54, 1.807) is 12.1 Å². The highest BCUT2D eigenvalue weighted by molar-refractivity contribution is 7.90. The van der Waals surface area contributed by atoms with Crippen LogP contribution >= 0.6 is 0 Å². The first-order valence-corrected chi connectivity index (χ1v) is 8.57. The monoisotopic (exact) mass is 337 g/mol. The Bertz CT molecular complexity index is 783. The summed E-state index contributed by atoms with van der Waals surface area (Å²) in [5.41, 5.74) is 0.456. The van der Waals surface area contributed by atoms with Gasteiger partial charge in [0.05, 0.1) is 17.4 Å². The molecule has 1 amide bonds. The van der Waals surface area contributed by atoms with Crippen molar-refractivity contribution in [2.75, 3.05) is 6.61 Å². The van der Waals surface area contributed by atoms with Gasteiger partial charge in [0.1, 0.15) is 0 Å². The molecule has 9 heteroatoms. The Hall–Kier alpha value is -2.26. The zero-order chi connectivity index (χ0) is 16.3. The second-order valence-electron chi connectivity index (χ2n) is 5.14. The Balaban J connectivity index is 1.74. The van der Waals surface area contributed by atoms with Crippen molar-refractivity contribution < 1.29 is 22.4 Å². The van der Waals surface area contributed by atoms with E-state index in [1.165, 1.54) is 12.1 Å². The first kappa shape index (κ1) is 15.6. The zero-order valence-corrected chi connectivity index (χ0v) is 13.0. The number of rotatable bonds is 5. The lowest BCUT2D eigenvalue weighted by Crippen LogP contribution is -2.32. The molecule has 0 spiro atoms. The van der Waals surface area contributed by atoms with E-state index in [2.05, 4.69) is 14.9 Å². The molecule has 2 aromatic rings. The lowest BCUT2D eigenvalue weighted by molar-refractivity contribution is -0.121. The second kappa shape index (κ2) is 6.47. The number of ether oxygens (including phenoxy) is 1. The average Bonchev–Trinajstić information content (AvgIpc) is 3.20. The Labute approximate surface area is 132 Å². The van der Waals surface area contributed by atoms with Crippen LogP contribution in [0, 0.1) is 0 Å². The highest BCUT2D eigenvalue weighted by atomic mass is 32.2. The summed E-state index contributed by atoms with van der Waals surface area (Å²) in [5.74, 6) is -0.382. The fraction of sp³-hybridized carbons (Fsp3) is 0.357. The number of nitrogens with one attached hydrogen (secondary N) is 1. The topological polar surface area (TPSA) is 111 Å². The number of hydrogen-bond donors (Lipinski definition) is 1. The summed E-state index contributed by atoms with van der Waals surface area (Å²) >= 11 is 0. The molecule has 8 nitrogen and oxygen atoms in total. The van der Waals surface area contributed by atoms with E-state index in [0.29, 0.717) is 12.2 Å². The lowest BCUT2D eigenvalue weighted by Gasteiger charge is -2.10. The summed E-state index contributed by atoms with van der Waals surface area (Å²) < 4.78 is 37.0. The van der Waals surface area contributed by atoms with Crippen molar-refractivity contribution in [1.82, 2.24) is 14.9 Å². The molecule has 3 rings (SSSR count). The van der Waals surface area contributed by atoms with Gasteiger partial charge in [-0.3, -0.25) is 4.79 Å². The summed E-state index contributed by atoms with van der Waals surface area (Å²) in [6.45, 7) is 0.608. The highest BCUT2D eigenvalue weighted by Gasteiger charge is 2.23. The molecule has 2 heterocycles. The van der Waals surface area contributed by atoms with Crippen LogP contribution < -0.4 is 4.72 Å². The van der Waals surface area contributed by atoms with Crippen LogP contribution in [0.2, 0.25) is 0 Å². The Kier molecular flexibility index (Phi) is 4.39. The van der Waals surface area contributed by atoms with Crippen molar-refractivity contribution >= 4 is 15.9 Å². The van der Waals surface area contributed by atoms with Gasteiger partial charge in [-0.1, -0.05) is 6.07 Å². The number of carbonyl (C=O) groups excluding carboxylic acids is 1. The summed E-state index contributed by atoms with van der Waals surface area (Å²) in [7, 11) is -3.96. The maximum absolute atomic E-state index is 12.3. The summed E-state index contributed by atoms with van der Waals surface area (Å²) in [5, 5.41) is 7.27. The molecule has 0 aliphatic carbocycles. The molecule has 0 saturated carbocycles. The molecular weight excluding hydrogens is 322 g/mol. The fourth-order valence-electron chi connectivity index (χ4n) is 2.36. The third-order valence-corrected chi connectivity index (χ3v) is 4.81. The van der Waals surface area contributed by atoms with E-state index in [1.807, 2.05) is 0 Å². The van der Waals surface area contributed by atoms with Crippen molar-refractivity contribution in [3.05, 3.63) is 30.7 Å². The van der Waals surface area contributed by atoms with Crippen molar-refractivity contribution in [3.63, 3.8) is 0 Å². The standard InChI is InChI=1S/C14H15N3O5S/c18-13(8-11-4-2-6-21-11)17-23(19,20)12-5-1-3-10(7-12)14-16-15-9-22-14/h1,3,5,7,9,11H,2,4,6,8H2,(H,17,18)/t11-/m0/s1. The third-order valence-electron chi connectivity index (χ3n) is 3.44. The summed E-state index contributed by atoms with van der Waals surface area (Å²) in [4.78, 5) is 11.8. The van der Waals surface area contributed by atoms with Crippen LogP contribution in [-0.4, -0.2) is 37.2 Å². The van der Waals surface area contributed by atoms with Crippen molar-refractivity contribution in [2.24, 2.45) is 0 Å². The van der Waals surface area contributed by atoms with E-state index in [0.717, 1.165) is 19.2 Å². The molecule has 1 aliphatic heterocycles. The van der Waals surface area contributed by atoms with Gasteiger partial charge >= 0.3 is 0 Å². The van der Waals surface area contributed by atoms with Crippen molar-refractivity contribution in [3.8, 4) is 11.5 Å². The van der Waals surface area contributed by atoms with Gasteiger partial charge in [0.25, 0.3) is 10.0 Å². The molecule has 1 aromatic heterocycles. The molecule has 1 saturated heterocycles. The number of amides is 1. The molecule has 23 heavy (non-hydrogen) atoms. The largest absolute Gasteiger partial charge is 0.423 e. The molecular formula is C14H15N3O5S. The van der Waals surface area contributed by atoms with E-state index < -0.39 is 15.9 Å². The second-order valence-corrected chi connectivity index (χ2v) is 6.82. The van der Waals surface area contributed by atoms with Gasteiger partial charge in [-0.05, 0) is 31.0 Å². The number of hydrogen-bond acceptors (Lipinski definition) is 7. The fourth-order valence-corrected chi connectivity index (χ4v) is 3.40. The van der Waals surface area contributed by atoms with Crippen LogP contribution in [0.4, 0.5) is 0 Å². The van der Waals surface area contributed by atoms with Crippen molar-refractivity contribution in [2.45, 2.75) is 30.3 Å². The first-order chi connectivity index (χ1) is 11.0. The van der Waals surface area contributed by atoms with E-state index in [9.17, 15) is 13.2 Å². The van der Waals surface area contributed by atoms with Gasteiger partial charge in [0, 0.05) is 12.2 Å². The van der Waals surface area contributed by atoms with Gasteiger partial charge in [0.15, 0.2) is 0 Å². The van der Waals surface area contributed by atoms with E-state index in [-0.39, 0.29) is 23.3 Å². The number of sulfonamides is 1. The Morgan fingerprint density at radius 1 is 1.39 bits per heavy atom. The van der Waals surface area contributed by atoms with Gasteiger partial charge in [-0.15, -0.1) is 10.2 Å². The van der Waals surface area contributed by atoms with Crippen molar-refractivity contribution in [1.29, 1.82) is 0 Å². The molecule has 1 fully saturated rings. The molecule has 1 atom stereocenters. The maximum atomic E-state index is 12.3. The van der Waals surface area contributed by atoms with Crippen LogP contribution in [0.1, 0.15) is 19.3 Å². The quantitative estimate of drug-likeness (QED) is 0.870. The average molecular weight is 337 g/mol. The minimum absolute atomic E-state index is 0.0303. The van der Waals surface area contributed by atoms with Gasteiger partial charge < -0.3 is 9.15 Å². The summed E-state index contributed by atoms with van der Waals surface area (Å²) in [6, 6.07) is 5.94. The predicted molar refractivity (Wildman–Crippen MR) is 78.7 cm³/mol. The van der Waals surface area contributed by atoms with E-state index >= 15 is 0 Å². The van der Waals surface area contributed by atoms with Gasteiger partial charge in [0.2, 0.25) is 18.2 Å². The molecule has 1 aromatic carbocycles. The van der Waals surface area contributed by atoms with Crippen LogP contribution in [0.3, 0.4) is 0 Å². The van der Waals surface area contributed by atoms with E-state index in [4.69, 9.17) is 9.15 Å². The first-order valence-electron chi connectivity index (χ1n) is 7.08. The molecule has 0 bridgehead atoms. The maximum Gasteiger partial charge on any atom is 0.264 e. The minimum atomic E-state index is -3.96. The Morgan fingerprint density at radius 3 is 2.96 bits per heavy atom. The highest BCUT2D eigenvalue weighted by Crippen LogP contribution is 2.20. The predicted octanol–water partition coefficient (Wildman–Crippen LogP) is 1.11. The molecule has 1 aliphatic rings. The number of aromatic nitrogens is 2. The van der Waals surface area contributed by atoms with Crippen LogP contribution in [-0.2, 0) is 19.6 Å². The number of carbonyl (C=O) groups is 1. The normalized spacial score (nSPS) is 18.0. The number of benzene rings is 1. The Morgan fingerprint density at radius 2 is 2.26 bits per heavy atom. The van der Waals surface area contributed by atoms with Gasteiger partial charge in [-0.25, -0.2) is 13.1 Å². The SMILES string of the molecule is O=C(C[C@@H]1CCCO1)NS(=O)(=O)c1cccc(-c2nnco2)c1. The third kappa shape index (κ3) is 3.74. The lowest BCUT2D eigenvalue weighted by atomic mass is 10.2. The van der Waals surface area contributed by atoms with Crippen LogP contribution in [0.15, 0.2) is 40.0 Å². The van der Waals surface area contributed by atoms with Gasteiger partial charge in [-0.2, -0.15) is 0 Å². The number of nitrogens with zero attached hydrogens (tertiary/aromatic N) is 2. The minimum Gasteiger partial charge on any atom is -0.423 e. The summed E-state index contributed by atoms with van der Waals surface area (Å²) in [6.07, 6.45) is 2.62. The molecule has 122 valence electrons. The zero-order valence-electron chi connectivity index (χ0n) is 12.1. The molecule has 0 radical (unpaired) electrons. The van der Waals surface area contributed by atoms with Crippen LogP contribution in [0.25, 0.3) is 11.5 Å². The van der Waals surface area contributed by atoms with Crippen LogP contribution in [0.5, 0.6) is 0 Å². The molecule has 0 unspecified atom stereocenters. The molecule has 1 N–H and O–H groups in total.